The fraction of sp³-hybridized carbons (Fsp3) is 0.417. The number of nitrogens with zero attached hydrogens (tertiary/aromatic N) is 2. The van der Waals surface area contributed by atoms with Crippen LogP contribution >= 0.6 is 0 Å². The summed E-state index contributed by atoms with van der Waals surface area (Å²) in [5, 5.41) is 4.06. The van der Waals surface area contributed by atoms with Gasteiger partial charge < -0.3 is 19.2 Å². The minimum atomic E-state index is -1.02. The van der Waals surface area contributed by atoms with Gasteiger partial charge in [0.25, 0.3) is 5.91 Å². The molecular formula is C24H29N3O3. The van der Waals surface area contributed by atoms with Crippen LogP contribution in [0.2, 0.25) is 0 Å². The van der Waals surface area contributed by atoms with Gasteiger partial charge in [0.15, 0.2) is 0 Å². The predicted octanol–water partition coefficient (Wildman–Crippen LogP) is 4.12. The highest BCUT2D eigenvalue weighted by atomic mass is 16.3. The summed E-state index contributed by atoms with van der Waals surface area (Å²) in [6, 6.07) is 13.6. The first-order valence-corrected chi connectivity index (χ1v) is 10.5. The number of aryl methyl sites for hydroxylation is 1. The van der Waals surface area contributed by atoms with Gasteiger partial charge in [-0.25, -0.2) is 0 Å². The maximum absolute atomic E-state index is 13.6. The third kappa shape index (κ3) is 3.51. The molecule has 1 aliphatic rings. The van der Waals surface area contributed by atoms with Crippen LogP contribution in [0, 0.1) is 12.8 Å². The van der Waals surface area contributed by atoms with Crippen molar-refractivity contribution in [1.82, 2.24) is 14.8 Å². The lowest BCUT2D eigenvalue weighted by Gasteiger charge is -2.43. The second-order valence-corrected chi connectivity index (χ2v) is 8.79. The molecule has 2 aromatic heterocycles. The van der Waals surface area contributed by atoms with E-state index in [1.165, 1.54) is 0 Å². The van der Waals surface area contributed by atoms with Crippen molar-refractivity contribution in [3.63, 3.8) is 0 Å². The van der Waals surface area contributed by atoms with Gasteiger partial charge in [-0.1, -0.05) is 32.0 Å². The van der Waals surface area contributed by atoms with Crippen LogP contribution in [0.5, 0.6) is 0 Å². The summed E-state index contributed by atoms with van der Waals surface area (Å²) in [5.74, 6) is 1.66. The molecule has 158 valence electrons. The molecule has 1 atom stereocenters. The first kappa shape index (κ1) is 20.3. The fourth-order valence-electron chi connectivity index (χ4n) is 4.14. The second-order valence-electron chi connectivity index (χ2n) is 8.79. The Hall–Kier alpha value is -3.02. The molecule has 2 amide bonds. The number of benzene rings is 1. The minimum absolute atomic E-state index is 0.136. The van der Waals surface area contributed by atoms with E-state index in [-0.39, 0.29) is 18.4 Å². The second kappa shape index (κ2) is 7.67. The highest BCUT2D eigenvalue weighted by Gasteiger charge is 2.47. The molecule has 0 aliphatic carbocycles. The summed E-state index contributed by atoms with van der Waals surface area (Å²) >= 11 is 0. The first-order valence-electron chi connectivity index (χ1n) is 10.5. The predicted molar refractivity (Wildman–Crippen MR) is 116 cm³/mol. The van der Waals surface area contributed by atoms with E-state index in [4.69, 9.17) is 4.42 Å². The van der Waals surface area contributed by atoms with Crippen LogP contribution < -0.4 is 5.32 Å². The Bertz CT molecular complexity index is 1090. The third-order valence-corrected chi connectivity index (χ3v) is 5.94. The number of amides is 2. The minimum Gasteiger partial charge on any atom is -0.464 e. The molecule has 1 N–H and O–H groups in total. The number of aromatic nitrogens is 1. The summed E-state index contributed by atoms with van der Waals surface area (Å²) in [5.41, 5.74) is 0.547. The number of carbonyl (C=O) groups is 2. The maximum Gasteiger partial charge on any atom is 0.271 e. The van der Waals surface area contributed by atoms with Crippen molar-refractivity contribution in [2.24, 2.45) is 5.92 Å². The summed E-state index contributed by atoms with van der Waals surface area (Å²) in [6.07, 6.45) is 0.894. The van der Waals surface area contributed by atoms with E-state index in [1.54, 1.807) is 4.90 Å². The van der Waals surface area contributed by atoms with Crippen LogP contribution in [-0.2, 0) is 17.9 Å². The van der Waals surface area contributed by atoms with Gasteiger partial charge in [0.1, 0.15) is 22.8 Å². The van der Waals surface area contributed by atoms with Gasteiger partial charge in [-0.2, -0.15) is 0 Å². The maximum atomic E-state index is 13.6. The fourth-order valence-corrected chi connectivity index (χ4v) is 4.14. The van der Waals surface area contributed by atoms with E-state index in [2.05, 4.69) is 19.2 Å². The van der Waals surface area contributed by atoms with Crippen LogP contribution in [0.15, 0.2) is 46.9 Å². The molecule has 4 rings (SSSR count). The summed E-state index contributed by atoms with van der Waals surface area (Å²) in [4.78, 5) is 28.6. The monoisotopic (exact) mass is 407 g/mol. The topological polar surface area (TPSA) is 67.5 Å². The number of hydrogen-bond donors (Lipinski definition) is 1. The van der Waals surface area contributed by atoms with Crippen LogP contribution in [0.25, 0.3) is 10.9 Å². The molecular weight excluding hydrogens is 378 g/mol. The standard InChI is InChI=1S/C24H29N3O3/c1-16(2)11-12-25-23(29)24(4)15-26-20-8-6-5-7-18(20)13-21(26)22(28)27(24)14-19-10-9-17(3)30-19/h5-10,13,16H,11-12,14-15H2,1-4H3,(H,25,29). The quantitative estimate of drug-likeness (QED) is 0.668. The molecule has 6 heteroatoms. The van der Waals surface area contributed by atoms with Crippen molar-refractivity contribution in [2.75, 3.05) is 6.54 Å². The van der Waals surface area contributed by atoms with Crippen LogP contribution in [0.4, 0.5) is 0 Å². The van der Waals surface area contributed by atoms with E-state index >= 15 is 0 Å². The van der Waals surface area contributed by atoms with Gasteiger partial charge in [-0.05, 0) is 50.5 Å². The summed E-state index contributed by atoms with van der Waals surface area (Å²) in [6.45, 7) is 9.22. The molecule has 0 radical (unpaired) electrons. The SMILES string of the molecule is Cc1ccc(CN2C(=O)c3cc4ccccc4n3CC2(C)C(=O)NCCC(C)C)o1. The molecule has 30 heavy (non-hydrogen) atoms. The smallest absolute Gasteiger partial charge is 0.271 e. The number of hydrogen-bond acceptors (Lipinski definition) is 3. The van der Waals surface area contributed by atoms with Gasteiger partial charge in [0, 0.05) is 17.4 Å². The highest BCUT2D eigenvalue weighted by Crippen LogP contribution is 2.33. The Morgan fingerprint density at radius 2 is 2.00 bits per heavy atom. The largest absolute Gasteiger partial charge is 0.464 e. The summed E-state index contributed by atoms with van der Waals surface area (Å²) < 4.78 is 7.71. The third-order valence-electron chi connectivity index (χ3n) is 5.94. The average molecular weight is 408 g/mol. The lowest BCUT2D eigenvalue weighted by Crippen LogP contribution is -2.63. The van der Waals surface area contributed by atoms with Crippen molar-refractivity contribution in [2.45, 2.75) is 52.7 Å². The van der Waals surface area contributed by atoms with Crippen LogP contribution in [0.1, 0.15) is 49.2 Å². The molecule has 6 nitrogen and oxygen atoms in total. The zero-order valence-electron chi connectivity index (χ0n) is 18.1. The van der Waals surface area contributed by atoms with Crippen LogP contribution in [0.3, 0.4) is 0 Å². The van der Waals surface area contributed by atoms with Gasteiger partial charge >= 0.3 is 0 Å². The van der Waals surface area contributed by atoms with E-state index in [0.29, 0.717) is 30.5 Å². The first-order chi connectivity index (χ1) is 14.3. The van der Waals surface area contributed by atoms with Gasteiger partial charge in [-0.15, -0.1) is 0 Å². The van der Waals surface area contributed by atoms with E-state index in [9.17, 15) is 9.59 Å². The zero-order valence-corrected chi connectivity index (χ0v) is 18.1. The van der Waals surface area contributed by atoms with Crippen molar-refractivity contribution < 1.29 is 14.0 Å². The lowest BCUT2D eigenvalue weighted by atomic mass is 9.94. The van der Waals surface area contributed by atoms with E-state index in [0.717, 1.165) is 23.1 Å². The molecule has 0 saturated carbocycles. The lowest BCUT2D eigenvalue weighted by molar-refractivity contribution is -0.133. The number of fused-ring (bicyclic) bond motifs is 3. The Kier molecular flexibility index (Phi) is 5.18. The van der Waals surface area contributed by atoms with Crippen LogP contribution in [-0.4, -0.2) is 33.4 Å². The molecule has 0 spiro atoms. The number of para-hydroxylation sites is 1. The van der Waals surface area contributed by atoms with E-state index in [1.807, 2.05) is 60.9 Å². The Morgan fingerprint density at radius 1 is 1.23 bits per heavy atom. The highest BCUT2D eigenvalue weighted by molar-refractivity contribution is 6.03. The Balaban J connectivity index is 1.73. The molecule has 1 aromatic carbocycles. The molecule has 0 fully saturated rings. The van der Waals surface area contributed by atoms with Gasteiger partial charge in [0.05, 0.1) is 13.1 Å². The number of carbonyl (C=O) groups excluding carboxylic acids is 2. The van der Waals surface area contributed by atoms with Crippen molar-refractivity contribution in [3.05, 3.63) is 59.7 Å². The average Bonchev–Trinajstić information content (AvgIpc) is 3.28. The normalized spacial score (nSPS) is 18.8. The van der Waals surface area contributed by atoms with E-state index < -0.39 is 5.54 Å². The summed E-state index contributed by atoms with van der Waals surface area (Å²) in [7, 11) is 0. The van der Waals surface area contributed by atoms with Crippen molar-refractivity contribution >= 4 is 22.7 Å². The number of furan rings is 1. The Morgan fingerprint density at radius 3 is 2.70 bits per heavy atom. The molecule has 1 unspecified atom stereocenters. The molecule has 3 aromatic rings. The Labute approximate surface area is 176 Å². The molecule has 0 bridgehead atoms. The van der Waals surface area contributed by atoms with Gasteiger partial charge in [-0.3, -0.25) is 9.59 Å². The zero-order chi connectivity index (χ0) is 21.5. The van der Waals surface area contributed by atoms with Gasteiger partial charge in [0.2, 0.25) is 5.91 Å². The molecule has 1 aliphatic heterocycles. The number of nitrogens with one attached hydrogen (secondary N) is 1. The molecule has 3 heterocycles. The molecule has 0 saturated heterocycles. The van der Waals surface area contributed by atoms with Crippen molar-refractivity contribution in [3.8, 4) is 0 Å². The number of rotatable bonds is 6. The van der Waals surface area contributed by atoms with Crippen molar-refractivity contribution in [1.29, 1.82) is 0 Å².